The summed E-state index contributed by atoms with van der Waals surface area (Å²) in [5.41, 5.74) is 6.78. The van der Waals surface area contributed by atoms with Crippen molar-refractivity contribution in [1.82, 2.24) is 4.98 Å². The summed E-state index contributed by atoms with van der Waals surface area (Å²) >= 11 is 7.97. The van der Waals surface area contributed by atoms with Gasteiger partial charge in [-0.25, -0.2) is 4.98 Å². The summed E-state index contributed by atoms with van der Waals surface area (Å²) in [6.07, 6.45) is 4.92. The number of hydrogen-bond donors (Lipinski definition) is 1. The molecule has 0 radical (unpaired) electrons. The van der Waals surface area contributed by atoms with Crippen LogP contribution in [0.5, 0.6) is 0 Å². The average molecular weight is 281 g/mol. The predicted molar refractivity (Wildman–Crippen MR) is 78.4 cm³/mol. The molecule has 0 bridgehead atoms. The molecule has 1 heterocycles. The first-order valence-electron chi connectivity index (χ1n) is 6.53. The maximum atomic E-state index is 6.21. The molecule has 0 saturated heterocycles. The van der Waals surface area contributed by atoms with Crippen molar-refractivity contribution in [2.24, 2.45) is 11.7 Å². The fourth-order valence-electron chi connectivity index (χ4n) is 2.75. The third-order valence-electron chi connectivity index (χ3n) is 3.91. The maximum absolute atomic E-state index is 6.21. The Morgan fingerprint density at radius 3 is 2.72 bits per heavy atom. The van der Waals surface area contributed by atoms with E-state index < -0.39 is 0 Å². The van der Waals surface area contributed by atoms with Crippen molar-refractivity contribution in [2.75, 3.05) is 6.54 Å². The van der Waals surface area contributed by atoms with Gasteiger partial charge in [0.05, 0.1) is 20.2 Å². The van der Waals surface area contributed by atoms with Crippen molar-refractivity contribution >= 4 is 33.2 Å². The number of hydrogen-bond acceptors (Lipinski definition) is 3. The van der Waals surface area contributed by atoms with E-state index >= 15 is 0 Å². The minimum Gasteiger partial charge on any atom is -0.330 e. The molecule has 96 valence electrons. The molecule has 1 aromatic carbocycles. The van der Waals surface area contributed by atoms with Gasteiger partial charge in [0.15, 0.2) is 0 Å². The molecule has 0 unspecified atom stereocenters. The molecule has 1 aliphatic carbocycles. The molecule has 4 heteroatoms. The highest BCUT2D eigenvalue weighted by Crippen LogP contribution is 2.40. The van der Waals surface area contributed by atoms with Crippen LogP contribution in [0.2, 0.25) is 5.02 Å². The Balaban J connectivity index is 1.85. The zero-order valence-corrected chi connectivity index (χ0v) is 11.8. The first-order chi connectivity index (χ1) is 8.78. The van der Waals surface area contributed by atoms with E-state index in [4.69, 9.17) is 22.3 Å². The predicted octanol–water partition coefficient (Wildman–Crippen LogP) is 4.18. The third-order valence-corrected chi connectivity index (χ3v) is 5.61. The number of nitrogens with zero attached hydrogens (tertiary/aromatic N) is 1. The zero-order valence-electron chi connectivity index (χ0n) is 10.2. The summed E-state index contributed by atoms with van der Waals surface area (Å²) in [6.45, 7) is 0.832. The van der Waals surface area contributed by atoms with Gasteiger partial charge < -0.3 is 5.73 Å². The van der Waals surface area contributed by atoms with Gasteiger partial charge in [0.2, 0.25) is 0 Å². The van der Waals surface area contributed by atoms with Gasteiger partial charge in [0, 0.05) is 5.92 Å². The van der Waals surface area contributed by atoms with Gasteiger partial charge in [-0.05, 0) is 50.3 Å². The number of benzene rings is 1. The smallest absolute Gasteiger partial charge is 0.0970 e. The molecule has 18 heavy (non-hydrogen) atoms. The van der Waals surface area contributed by atoms with Gasteiger partial charge in [-0.2, -0.15) is 0 Å². The topological polar surface area (TPSA) is 38.9 Å². The van der Waals surface area contributed by atoms with E-state index in [0.717, 1.165) is 27.7 Å². The summed E-state index contributed by atoms with van der Waals surface area (Å²) < 4.78 is 1.13. The lowest BCUT2D eigenvalue weighted by atomic mass is 9.82. The van der Waals surface area contributed by atoms with Gasteiger partial charge in [0.25, 0.3) is 0 Å². The molecule has 1 saturated carbocycles. The Kier molecular flexibility index (Phi) is 3.55. The Bertz CT molecular complexity index is 544. The standard InChI is InChI=1S/C14H17ClN2S/c15-11-2-1-3-12-13(11)18-14(17-12)10-6-4-9(8-16)5-7-10/h1-3,9-10H,4-8,16H2. The molecule has 2 aromatic rings. The third kappa shape index (κ3) is 2.27. The molecule has 0 atom stereocenters. The molecular weight excluding hydrogens is 264 g/mol. The van der Waals surface area contributed by atoms with Crippen LogP contribution in [0, 0.1) is 5.92 Å². The van der Waals surface area contributed by atoms with E-state index in [1.165, 1.54) is 30.7 Å². The highest BCUT2D eigenvalue weighted by molar-refractivity contribution is 7.19. The first-order valence-corrected chi connectivity index (χ1v) is 7.72. The molecule has 1 aliphatic rings. The van der Waals surface area contributed by atoms with Crippen molar-refractivity contribution in [3.8, 4) is 0 Å². The van der Waals surface area contributed by atoms with Crippen LogP contribution < -0.4 is 5.73 Å². The zero-order chi connectivity index (χ0) is 12.5. The maximum Gasteiger partial charge on any atom is 0.0970 e. The van der Waals surface area contributed by atoms with Gasteiger partial charge >= 0.3 is 0 Å². The second-order valence-electron chi connectivity index (χ2n) is 5.09. The second kappa shape index (κ2) is 5.16. The molecule has 2 nitrogen and oxygen atoms in total. The van der Waals surface area contributed by atoms with Gasteiger partial charge in [0.1, 0.15) is 0 Å². The average Bonchev–Trinajstić information content (AvgIpc) is 2.84. The summed E-state index contributed by atoms with van der Waals surface area (Å²) in [5.74, 6) is 1.33. The second-order valence-corrected chi connectivity index (χ2v) is 6.53. The fraction of sp³-hybridized carbons (Fsp3) is 0.500. The largest absolute Gasteiger partial charge is 0.330 e. The molecule has 1 aromatic heterocycles. The molecule has 3 rings (SSSR count). The monoisotopic (exact) mass is 280 g/mol. The Hall–Kier alpha value is -0.640. The van der Waals surface area contributed by atoms with E-state index in [2.05, 4.69) is 0 Å². The minimum atomic E-state index is 0.612. The van der Waals surface area contributed by atoms with Crippen molar-refractivity contribution < 1.29 is 0 Å². The van der Waals surface area contributed by atoms with Crippen molar-refractivity contribution in [3.05, 3.63) is 28.2 Å². The molecule has 0 aliphatic heterocycles. The summed E-state index contributed by atoms with van der Waals surface area (Å²) in [6, 6.07) is 5.96. The number of rotatable bonds is 2. The van der Waals surface area contributed by atoms with Crippen LogP contribution in [-0.4, -0.2) is 11.5 Å². The highest BCUT2D eigenvalue weighted by atomic mass is 35.5. The Labute approximate surface area is 116 Å². The first kappa shape index (κ1) is 12.4. The molecule has 0 amide bonds. The molecule has 1 fully saturated rings. The van der Waals surface area contributed by atoms with E-state index in [1.54, 1.807) is 11.3 Å². The van der Waals surface area contributed by atoms with Crippen molar-refractivity contribution in [3.63, 3.8) is 0 Å². The van der Waals surface area contributed by atoms with E-state index in [0.29, 0.717) is 5.92 Å². The molecular formula is C14H17ClN2S. The SMILES string of the molecule is NCC1CCC(c2nc3cccc(Cl)c3s2)CC1. The lowest BCUT2D eigenvalue weighted by Gasteiger charge is -2.26. The van der Waals surface area contributed by atoms with Gasteiger partial charge in [-0.1, -0.05) is 17.7 Å². The fourth-order valence-corrected chi connectivity index (χ4v) is 4.18. The summed E-state index contributed by atoms with van der Waals surface area (Å²) in [4.78, 5) is 4.75. The summed E-state index contributed by atoms with van der Waals surface area (Å²) in [7, 11) is 0. The quantitative estimate of drug-likeness (QED) is 0.896. The number of thiazole rings is 1. The van der Waals surface area contributed by atoms with Crippen LogP contribution >= 0.6 is 22.9 Å². The van der Waals surface area contributed by atoms with E-state index in [1.807, 2.05) is 18.2 Å². The summed E-state index contributed by atoms with van der Waals surface area (Å²) in [5, 5.41) is 2.08. The van der Waals surface area contributed by atoms with Crippen LogP contribution in [0.25, 0.3) is 10.2 Å². The van der Waals surface area contributed by atoms with Crippen LogP contribution in [0.15, 0.2) is 18.2 Å². The number of fused-ring (bicyclic) bond motifs is 1. The van der Waals surface area contributed by atoms with Crippen LogP contribution in [-0.2, 0) is 0 Å². The number of nitrogens with two attached hydrogens (primary N) is 1. The van der Waals surface area contributed by atoms with Crippen LogP contribution in [0.4, 0.5) is 0 Å². The number of halogens is 1. The lowest BCUT2D eigenvalue weighted by Crippen LogP contribution is -2.20. The van der Waals surface area contributed by atoms with Crippen LogP contribution in [0.1, 0.15) is 36.6 Å². The normalized spacial score (nSPS) is 24.6. The molecule has 2 N–H and O–H groups in total. The van der Waals surface area contributed by atoms with Crippen molar-refractivity contribution in [2.45, 2.75) is 31.6 Å². The molecule has 0 spiro atoms. The van der Waals surface area contributed by atoms with E-state index in [-0.39, 0.29) is 0 Å². The van der Waals surface area contributed by atoms with Gasteiger partial charge in [-0.3, -0.25) is 0 Å². The number of aromatic nitrogens is 1. The van der Waals surface area contributed by atoms with Gasteiger partial charge in [-0.15, -0.1) is 11.3 Å². The Morgan fingerprint density at radius 2 is 2.06 bits per heavy atom. The highest BCUT2D eigenvalue weighted by Gasteiger charge is 2.24. The lowest BCUT2D eigenvalue weighted by molar-refractivity contribution is 0.332. The minimum absolute atomic E-state index is 0.612. The van der Waals surface area contributed by atoms with E-state index in [9.17, 15) is 0 Å². The Morgan fingerprint density at radius 1 is 1.28 bits per heavy atom. The van der Waals surface area contributed by atoms with Crippen LogP contribution in [0.3, 0.4) is 0 Å². The van der Waals surface area contributed by atoms with Crippen molar-refractivity contribution in [1.29, 1.82) is 0 Å².